The zero-order valence-electron chi connectivity index (χ0n) is 13.7. The van der Waals surface area contributed by atoms with E-state index in [1.165, 1.54) is 22.3 Å². The molecule has 112 valence electrons. The zero-order chi connectivity index (χ0) is 15.4. The number of rotatable bonds is 5. The quantitative estimate of drug-likeness (QED) is 0.842. The molecule has 2 rings (SSSR count). The highest BCUT2D eigenvalue weighted by atomic mass is 16.5. The van der Waals surface area contributed by atoms with Gasteiger partial charge in [0.05, 0.1) is 0 Å². The van der Waals surface area contributed by atoms with Gasteiger partial charge in [0.25, 0.3) is 0 Å². The summed E-state index contributed by atoms with van der Waals surface area (Å²) >= 11 is 0. The minimum atomic E-state index is 0.457. The molecule has 0 radical (unpaired) electrons. The van der Waals surface area contributed by atoms with E-state index < -0.39 is 0 Å². The summed E-state index contributed by atoms with van der Waals surface area (Å²) in [5.74, 6) is 1.87. The van der Waals surface area contributed by atoms with Gasteiger partial charge in [-0.15, -0.1) is 0 Å². The molecule has 0 fully saturated rings. The summed E-state index contributed by atoms with van der Waals surface area (Å²) in [6.07, 6.45) is 0. The van der Waals surface area contributed by atoms with Gasteiger partial charge in [0.15, 0.2) is 0 Å². The Labute approximate surface area is 128 Å². The fourth-order valence-electron chi connectivity index (χ4n) is 2.21. The molecule has 0 aromatic heterocycles. The lowest BCUT2D eigenvalue weighted by Crippen LogP contribution is -2.22. The Bertz CT molecular complexity index is 617. The molecule has 0 saturated carbocycles. The highest BCUT2D eigenvalue weighted by molar-refractivity contribution is 5.44. The van der Waals surface area contributed by atoms with Crippen molar-refractivity contribution in [2.75, 3.05) is 0 Å². The SMILES string of the molecule is Cc1ccc(Oc2cccc(C)c2C)c(CNC(C)C)c1. The number of hydrogen-bond donors (Lipinski definition) is 1. The molecule has 0 aliphatic carbocycles. The molecular weight excluding hydrogens is 258 g/mol. The molecule has 0 spiro atoms. The molecule has 0 unspecified atom stereocenters. The van der Waals surface area contributed by atoms with Crippen LogP contribution in [0.2, 0.25) is 0 Å². The summed E-state index contributed by atoms with van der Waals surface area (Å²) in [6, 6.07) is 13.0. The van der Waals surface area contributed by atoms with Crippen molar-refractivity contribution < 1.29 is 4.74 Å². The van der Waals surface area contributed by atoms with Crippen molar-refractivity contribution in [1.82, 2.24) is 5.32 Å². The van der Waals surface area contributed by atoms with E-state index in [4.69, 9.17) is 4.74 Å². The van der Waals surface area contributed by atoms with Crippen molar-refractivity contribution in [3.05, 3.63) is 58.7 Å². The molecule has 0 bridgehead atoms. The lowest BCUT2D eigenvalue weighted by atomic mass is 10.1. The molecule has 0 aliphatic rings. The van der Waals surface area contributed by atoms with Crippen molar-refractivity contribution in [2.24, 2.45) is 0 Å². The first-order chi connectivity index (χ1) is 9.97. The van der Waals surface area contributed by atoms with Crippen LogP contribution in [0.1, 0.15) is 36.1 Å². The standard InChI is InChI=1S/C19H25NO/c1-13(2)20-12-17-11-14(3)9-10-19(17)21-18-8-6-7-15(4)16(18)5/h6-11,13,20H,12H2,1-5H3. The van der Waals surface area contributed by atoms with Crippen LogP contribution in [0.4, 0.5) is 0 Å². The second-order valence-corrected chi connectivity index (χ2v) is 5.95. The average Bonchev–Trinajstić information content (AvgIpc) is 2.43. The van der Waals surface area contributed by atoms with Crippen LogP contribution in [-0.2, 0) is 6.54 Å². The fourth-order valence-corrected chi connectivity index (χ4v) is 2.21. The van der Waals surface area contributed by atoms with Crippen LogP contribution in [0.25, 0.3) is 0 Å². The van der Waals surface area contributed by atoms with Gasteiger partial charge >= 0.3 is 0 Å². The maximum atomic E-state index is 6.17. The number of aryl methyl sites for hydroxylation is 2. The van der Waals surface area contributed by atoms with E-state index in [0.29, 0.717) is 6.04 Å². The van der Waals surface area contributed by atoms with E-state index in [2.05, 4.69) is 64.2 Å². The molecule has 2 heteroatoms. The normalized spacial score (nSPS) is 11.0. The van der Waals surface area contributed by atoms with Crippen molar-refractivity contribution >= 4 is 0 Å². The van der Waals surface area contributed by atoms with Crippen LogP contribution in [0.15, 0.2) is 36.4 Å². The predicted octanol–water partition coefficient (Wildman–Crippen LogP) is 4.90. The van der Waals surface area contributed by atoms with E-state index >= 15 is 0 Å². The van der Waals surface area contributed by atoms with Crippen molar-refractivity contribution in [3.8, 4) is 11.5 Å². The van der Waals surface area contributed by atoms with Crippen LogP contribution in [0, 0.1) is 20.8 Å². The van der Waals surface area contributed by atoms with E-state index in [1.54, 1.807) is 0 Å². The van der Waals surface area contributed by atoms with E-state index in [0.717, 1.165) is 18.0 Å². The summed E-state index contributed by atoms with van der Waals surface area (Å²) in [5, 5.41) is 3.46. The minimum Gasteiger partial charge on any atom is -0.457 e. The largest absolute Gasteiger partial charge is 0.457 e. The van der Waals surface area contributed by atoms with Crippen LogP contribution in [0.5, 0.6) is 11.5 Å². The molecule has 0 heterocycles. The lowest BCUT2D eigenvalue weighted by Gasteiger charge is -2.16. The molecule has 0 saturated heterocycles. The van der Waals surface area contributed by atoms with Gasteiger partial charge in [-0.1, -0.05) is 43.7 Å². The molecule has 1 N–H and O–H groups in total. The van der Waals surface area contributed by atoms with Gasteiger partial charge < -0.3 is 10.1 Å². The monoisotopic (exact) mass is 283 g/mol. The Morgan fingerprint density at radius 2 is 1.76 bits per heavy atom. The molecule has 0 aliphatic heterocycles. The van der Waals surface area contributed by atoms with Crippen LogP contribution >= 0.6 is 0 Å². The third-order valence-electron chi connectivity index (χ3n) is 3.69. The van der Waals surface area contributed by atoms with Crippen LogP contribution < -0.4 is 10.1 Å². The van der Waals surface area contributed by atoms with E-state index in [-0.39, 0.29) is 0 Å². The number of benzene rings is 2. The second-order valence-electron chi connectivity index (χ2n) is 5.95. The predicted molar refractivity (Wildman–Crippen MR) is 89.1 cm³/mol. The van der Waals surface area contributed by atoms with E-state index in [9.17, 15) is 0 Å². The molecule has 0 amide bonds. The molecule has 2 aromatic carbocycles. The molecule has 2 nitrogen and oxygen atoms in total. The summed E-state index contributed by atoms with van der Waals surface area (Å²) < 4.78 is 6.17. The maximum absolute atomic E-state index is 6.17. The summed E-state index contributed by atoms with van der Waals surface area (Å²) in [4.78, 5) is 0. The van der Waals surface area contributed by atoms with Gasteiger partial charge in [0.2, 0.25) is 0 Å². The van der Waals surface area contributed by atoms with Crippen LogP contribution in [-0.4, -0.2) is 6.04 Å². The van der Waals surface area contributed by atoms with Gasteiger partial charge in [-0.3, -0.25) is 0 Å². The Morgan fingerprint density at radius 3 is 2.48 bits per heavy atom. The number of hydrogen-bond acceptors (Lipinski definition) is 2. The average molecular weight is 283 g/mol. The first-order valence-electron chi connectivity index (χ1n) is 7.54. The van der Waals surface area contributed by atoms with Gasteiger partial charge in [-0.2, -0.15) is 0 Å². The number of nitrogens with one attached hydrogen (secondary N) is 1. The summed E-state index contributed by atoms with van der Waals surface area (Å²) in [7, 11) is 0. The van der Waals surface area contributed by atoms with Crippen molar-refractivity contribution in [2.45, 2.75) is 47.2 Å². The highest BCUT2D eigenvalue weighted by Gasteiger charge is 2.08. The molecular formula is C19H25NO. The van der Waals surface area contributed by atoms with Crippen molar-refractivity contribution in [3.63, 3.8) is 0 Å². The summed E-state index contributed by atoms with van der Waals surface area (Å²) in [5.41, 5.74) is 4.90. The Balaban J connectivity index is 2.28. The fraction of sp³-hybridized carbons (Fsp3) is 0.368. The van der Waals surface area contributed by atoms with E-state index in [1.807, 2.05) is 12.1 Å². The third-order valence-corrected chi connectivity index (χ3v) is 3.69. The van der Waals surface area contributed by atoms with Crippen LogP contribution in [0.3, 0.4) is 0 Å². The zero-order valence-corrected chi connectivity index (χ0v) is 13.7. The first kappa shape index (κ1) is 15.6. The second kappa shape index (κ2) is 6.77. The Hall–Kier alpha value is -1.80. The molecule has 2 aromatic rings. The smallest absolute Gasteiger partial charge is 0.131 e. The van der Waals surface area contributed by atoms with Gasteiger partial charge in [-0.25, -0.2) is 0 Å². The maximum Gasteiger partial charge on any atom is 0.131 e. The van der Waals surface area contributed by atoms with Crippen molar-refractivity contribution in [1.29, 1.82) is 0 Å². The highest BCUT2D eigenvalue weighted by Crippen LogP contribution is 2.30. The Kier molecular flexibility index (Phi) is 5.03. The molecule has 0 atom stereocenters. The third kappa shape index (κ3) is 4.08. The van der Waals surface area contributed by atoms with Gasteiger partial charge in [0.1, 0.15) is 11.5 Å². The summed E-state index contributed by atoms with van der Waals surface area (Å²) in [6.45, 7) is 11.5. The lowest BCUT2D eigenvalue weighted by molar-refractivity contribution is 0.465. The topological polar surface area (TPSA) is 21.3 Å². The minimum absolute atomic E-state index is 0.457. The number of ether oxygens (including phenoxy) is 1. The molecule has 21 heavy (non-hydrogen) atoms. The Morgan fingerprint density at radius 1 is 1.00 bits per heavy atom. The van der Waals surface area contributed by atoms with Gasteiger partial charge in [0, 0.05) is 18.2 Å². The van der Waals surface area contributed by atoms with Gasteiger partial charge in [-0.05, 0) is 44.0 Å². The first-order valence-corrected chi connectivity index (χ1v) is 7.54.